The quantitative estimate of drug-likeness (QED) is 0.864. The SMILES string of the molecule is CCc1ccc(-c2ncc(I)c(N)n2)cc1. The largest absolute Gasteiger partial charge is 0.383 e. The number of benzene rings is 1. The first-order chi connectivity index (χ1) is 7.70. The molecule has 2 N–H and O–H groups in total. The summed E-state index contributed by atoms with van der Waals surface area (Å²) in [6, 6.07) is 8.24. The summed E-state index contributed by atoms with van der Waals surface area (Å²) in [5.41, 5.74) is 8.06. The van der Waals surface area contributed by atoms with Gasteiger partial charge in [-0.3, -0.25) is 0 Å². The monoisotopic (exact) mass is 325 g/mol. The van der Waals surface area contributed by atoms with E-state index in [0.29, 0.717) is 11.6 Å². The summed E-state index contributed by atoms with van der Waals surface area (Å²) in [6.07, 6.45) is 2.78. The fourth-order valence-electron chi connectivity index (χ4n) is 1.41. The fraction of sp³-hybridized carbons (Fsp3) is 0.167. The third-order valence-corrected chi connectivity index (χ3v) is 3.22. The Labute approximate surface area is 108 Å². The van der Waals surface area contributed by atoms with E-state index in [2.05, 4.69) is 51.6 Å². The first kappa shape index (κ1) is 11.3. The molecule has 0 spiro atoms. The van der Waals surface area contributed by atoms with E-state index in [4.69, 9.17) is 5.73 Å². The molecule has 0 unspecified atom stereocenters. The highest BCUT2D eigenvalue weighted by molar-refractivity contribution is 14.1. The molecule has 2 rings (SSSR count). The molecule has 0 atom stereocenters. The van der Waals surface area contributed by atoms with Crippen LogP contribution in [0.4, 0.5) is 5.82 Å². The van der Waals surface area contributed by atoms with Gasteiger partial charge in [0.05, 0.1) is 3.57 Å². The van der Waals surface area contributed by atoms with Crippen LogP contribution in [-0.4, -0.2) is 9.97 Å². The number of halogens is 1. The Bertz CT molecular complexity index is 494. The second-order valence-electron chi connectivity index (χ2n) is 3.48. The Kier molecular flexibility index (Phi) is 3.38. The first-order valence-electron chi connectivity index (χ1n) is 5.08. The second-order valence-corrected chi connectivity index (χ2v) is 4.64. The van der Waals surface area contributed by atoms with Gasteiger partial charge in [-0.2, -0.15) is 0 Å². The highest BCUT2D eigenvalue weighted by atomic mass is 127. The molecule has 0 amide bonds. The van der Waals surface area contributed by atoms with Crippen molar-refractivity contribution in [2.75, 3.05) is 5.73 Å². The van der Waals surface area contributed by atoms with Crippen molar-refractivity contribution in [3.63, 3.8) is 0 Å². The molecule has 0 saturated carbocycles. The topological polar surface area (TPSA) is 51.8 Å². The third kappa shape index (κ3) is 2.32. The summed E-state index contributed by atoms with van der Waals surface area (Å²) in [6.45, 7) is 2.13. The van der Waals surface area contributed by atoms with Gasteiger partial charge in [0.15, 0.2) is 5.82 Å². The molecule has 3 nitrogen and oxygen atoms in total. The Morgan fingerprint density at radius 1 is 1.25 bits per heavy atom. The Morgan fingerprint density at radius 3 is 2.50 bits per heavy atom. The van der Waals surface area contributed by atoms with Crippen molar-refractivity contribution in [2.24, 2.45) is 0 Å². The zero-order valence-corrected chi connectivity index (χ0v) is 11.1. The second kappa shape index (κ2) is 4.78. The third-order valence-electron chi connectivity index (χ3n) is 2.39. The molecule has 0 radical (unpaired) electrons. The van der Waals surface area contributed by atoms with Crippen molar-refractivity contribution in [2.45, 2.75) is 13.3 Å². The van der Waals surface area contributed by atoms with Crippen LogP contribution in [0.3, 0.4) is 0 Å². The maximum Gasteiger partial charge on any atom is 0.161 e. The maximum absolute atomic E-state index is 5.76. The van der Waals surface area contributed by atoms with E-state index in [0.717, 1.165) is 15.6 Å². The van der Waals surface area contributed by atoms with Gasteiger partial charge in [0.25, 0.3) is 0 Å². The lowest BCUT2D eigenvalue weighted by Crippen LogP contribution is -1.98. The molecule has 0 aliphatic carbocycles. The van der Waals surface area contributed by atoms with Gasteiger partial charge in [-0.05, 0) is 34.6 Å². The number of hydrogen-bond acceptors (Lipinski definition) is 3. The Morgan fingerprint density at radius 2 is 1.94 bits per heavy atom. The van der Waals surface area contributed by atoms with Gasteiger partial charge < -0.3 is 5.73 Å². The molecule has 0 fully saturated rings. The van der Waals surface area contributed by atoms with Crippen molar-refractivity contribution in [3.8, 4) is 11.4 Å². The van der Waals surface area contributed by atoms with Gasteiger partial charge in [-0.1, -0.05) is 31.2 Å². The van der Waals surface area contributed by atoms with Crippen molar-refractivity contribution < 1.29 is 0 Å². The molecule has 2 aromatic rings. The predicted molar refractivity (Wildman–Crippen MR) is 74.0 cm³/mol. The number of nitrogen functional groups attached to an aromatic ring is 1. The Balaban J connectivity index is 2.38. The smallest absolute Gasteiger partial charge is 0.161 e. The zero-order chi connectivity index (χ0) is 11.5. The van der Waals surface area contributed by atoms with E-state index < -0.39 is 0 Å². The van der Waals surface area contributed by atoms with E-state index in [1.165, 1.54) is 5.56 Å². The van der Waals surface area contributed by atoms with Gasteiger partial charge in [0.1, 0.15) is 5.82 Å². The summed E-state index contributed by atoms with van der Waals surface area (Å²) >= 11 is 2.12. The van der Waals surface area contributed by atoms with Crippen molar-refractivity contribution in [1.29, 1.82) is 0 Å². The van der Waals surface area contributed by atoms with Gasteiger partial charge in [0, 0.05) is 11.8 Å². The van der Waals surface area contributed by atoms with Crippen molar-refractivity contribution >= 4 is 28.4 Å². The van der Waals surface area contributed by atoms with Gasteiger partial charge in [0.2, 0.25) is 0 Å². The van der Waals surface area contributed by atoms with Crippen LogP contribution >= 0.6 is 22.6 Å². The van der Waals surface area contributed by atoms with Crippen LogP contribution < -0.4 is 5.73 Å². The van der Waals surface area contributed by atoms with Gasteiger partial charge in [-0.15, -0.1) is 0 Å². The molecule has 0 aliphatic rings. The molecule has 4 heteroatoms. The van der Waals surface area contributed by atoms with Crippen LogP contribution in [0.1, 0.15) is 12.5 Å². The van der Waals surface area contributed by atoms with E-state index in [1.807, 2.05) is 12.1 Å². The summed E-state index contributed by atoms with van der Waals surface area (Å²) in [5, 5.41) is 0. The zero-order valence-electron chi connectivity index (χ0n) is 8.94. The number of anilines is 1. The lowest BCUT2D eigenvalue weighted by Gasteiger charge is -2.03. The number of nitrogens with two attached hydrogens (primary N) is 1. The van der Waals surface area contributed by atoms with Crippen LogP contribution in [0, 0.1) is 3.57 Å². The fourth-order valence-corrected chi connectivity index (χ4v) is 1.67. The van der Waals surface area contributed by atoms with Crippen LogP contribution in [-0.2, 0) is 6.42 Å². The standard InChI is InChI=1S/C12H12IN3/c1-2-8-3-5-9(6-4-8)12-15-7-10(13)11(14)16-12/h3-7H,2H2,1H3,(H2,14,15,16). The number of aryl methyl sites for hydroxylation is 1. The average molecular weight is 325 g/mol. The minimum Gasteiger partial charge on any atom is -0.383 e. The van der Waals surface area contributed by atoms with Crippen molar-refractivity contribution in [3.05, 3.63) is 39.6 Å². The van der Waals surface area contributed by atoms with Crippen LogP contribution in [0.25, 0.3) is 11.4 Å². The first-order valence-corrected chi connectivity index (χ1v) is 6.16. The summed E-state index contributed by atoms with van der Waals surface area (Å²) in [5.74, 6) is 1.21. The Hall–Kier alpha value is -1.17. The van der Waals surface area contributed by atoms with Crippen molar-refractivity contribution in [1.82, 2.24) is 9.97 Å². The summed E-state index contributed by atoms with van der Waals surface area (Å²) in [4.78, 5) is 8.52. The summed E-state index contributed by atoms with van der Waals surface area (Å²) < 4.78 is 0.881. The molecular weight excluding hydrogens is 313 g/mol. The molecule has 0 aliphatic heterocycles. The average Bonchev–Trinajstić information content (AvgIpc) is 2.33. The molecular formula is C12H12IN3. The van der Waals surface area contributed by atoms with E-state index in [-0.39, 0.29) is 0 Å². The maximum atomic E-state index is 5.76. The van der Waals surface area contributed by atoms with Crippen LogP contribution in [0.5, 0.6) is 0 Å². The molecule has 0 saturated heterocycles. The number of nitrogens with zero attached hydrogens (tertiary/aromatic N) is 2. The lowest BCUT2D eigenvalue weighted by atomic mass is 10.1. The molecule has 1 heterocycles. The number of rotatable bonds is 2. The molecule has 0 bridgehead atoms. The highest BCUT2D eigenvalue weighted by Crippen LogP contribution is 2.19. The normalized spacial score (nSPS) is 10.4. The summed E-state index contributed by atoms with van der Waals surface area (Å²) in [7, 11) is 0. The molecule has 16 heavy (non-hydrogen) atoms. The molecule has 1 aromatic carbocycles. The van der Waals surface area contributed by atoms with Crippen LogP contribution in [0.15, 0.2) is 30.5 Å². The minimum atomic E-state index is 0.533. The highest BCUT2D eigenvalue weighted by Gasteiger charge is 2.03. The van der Waals surface area contributed by atoms with Crippen LogP contribution in [0.2, 0.25) is 0 Å². The van der Waals surface area contributed by atoms with E-state index in [1.54, 1.807) is 6.20 Å². The van der Waals surface area contributed by atoms with E-state index >= 15 is 0 Å². The van der Waals surface area contributed by atoms with E-state index in [9.17, 15) is 0 Å². The van der Waals surface area contributed by atoms with Gasteiger partial charge >= 0.3 is 0 Å². The lowest BCUT2D eigenvalue weighted by molar-refractivity contribution is 1.13. The molecule has 1 aromatic heterocycles. The predicted octanol–water partition coefficient (Wildman–Crippen LogP) is 2.89. The minimum absolute atomic E-state index is 0.533. The van der Waals surface area contributed by atoms with Gasteiger partial charge in [-0.25, -0.2) is 9.97 Å². The number of aromatic nitrogens is 2. The number of hydrogen-bond donors (Lipinski definition) is 1. The molecule has 82 valence electrons.